The molecule has 106 valence electrons. The largest absolute Gasteiger partial charge is 0.481 e. The Bertz CT molecular complexity index is 730. The summed E-state index contributed by atoms with van der Waals surface area (Å²) in [5, 5.41) is 18.8. The summed E-state index contributed by atoms with van der Waals surface area (Å²) in [5.74, 6) is -1.27. The van der Waals surface area contributed by atoms with Gasteiger partial charge in [-0.05, 0) is 37.1 Å². The average molecular weight is 299 g/mol. The van der Waals surface area contributed by atoms with Crippen LogP contribution in [0.2, 0.25) is 0 Å². The maximum Gasteiger partial charge on any atom is 0.312 e. The highest BCUT2D eigenvalue weighted by Crippen LogP contribution is 2.40. The van der Waals surface area contributed by atoms with Crippen LogP contribution in [0.25, 0.3) is 0 Å². The highest BCUT2D eigenvalue weighted by Gasteiger charge is 2.33. The number of aliphatic carboxylic acids is 1. The van der Waals surface area contributed by atoms with Gasteiger partial charge >= 0.3 is 5.97 Å². The summed E-state index contributed by atoms with van der Waals surface area (Å²) in [4.78, 5) is 18.7. The van der Waals surface area contributed by atoms with Crippen molar-refractivity contribution < 1.29 is 9.90 Å². The number of benzene rings is 1. The summed E-state index contributed by atoms with van der Waals surface area (Å²) in [6, 6.07) is 9.32. The molecule has 0 amide bonds. The predicted octanol–water partition coefficient (Wildman–Crippen LogP) is 2.90. The number of hydrogen-bond donors (Lipinski definition) is 1. The standard InChI is InChI=1S/C15H13N3O2S/c1-18(10-4-2-9(8-16)3-5-10)15-17-13-11(14(19)20)6-7-12(13)21-15/h2-5,11H,6-7H2,1H3,(H,19,20). The predicted molar refractivity (Wildman–Crippen MR) is 80.0 cm³/mol. The van der Waals surface area contributed by atoms with Crippen LogP contribution in [0, 0.1) is 11.3 Å². The molecule has 21 heavy (non-hydrogen) atoms. The molecule has 1 aromatic carbocycles. The molecule has 0 spiro atoms. The molecule has 1 aromatic heterocycles. The third-order valence-corrected chi connectivity index (χ3v) is 4.88. The van der Waals surface area contributed by atoms with Gasteiger partial charge in [-0.25, -0.2) is 4.98 Å². The Hall–Kier alpha value is -2.39. The lowest BCUT2D eigenvalue weighted by Crippen LogP contribution is -2.11. The van der Waals surface area contributed by atoms with Gasteiger partial charge in [0.25, 0.3) is 0 Å². The number of hydrogen-bond acceptors (Lipinski definition) is 5. The Kier molecular flexibility index (Phi) is 3.35. The van der Waals surface area contributed by atoms with Crippen molar-refractivity contribution in [2.45, 2.75) is 18.8 Å². The van der Waals surface area contributed by atoms with Crippen molar-refractivity contribution in [1.82, 2.24) is 4.98 Å². The Balaban J connectivity index is 1.89. The van der Waals surface area contributed by atoms with E-state index in [4.69, 9.17) is 5.26 Å². The van der Waals surface area contributed by atoms with E-state index in [-0.39, 0.29) is 0 Å². The van der Waals surface area contributed by atoms with Gasteiger partial charge in [-0.3, -0.25) is 4.79 Å². The summed E-state index contributed by atoms with van der Waals surface area (Å²) < 4.78 is 0. The Morgan fingerprint density at radius 1 is 1.48 bits per heavy atom. The molecular weight excluding hydrogens is 286 g/mol. The molecule has 0 saturated carbocycles. The fraction of sp³-hybridized carbons (Fsp3) is 0.267. The van der Waals surface area contributed by atoms with Crippen molar-refractivity contribution in [3.05, 3.63) is 40.4 Å². The highest BCUT2D eigenvalue weighted by atomic mass is 32.1. The lowest BCUT2D eigenvalue weighted by atomic mass is 10.1. The number of rotatable bonds is 3. The number of carboxylic acid groups (broad SMARTS) is 1. The first-order valence-electron chi connectivity index (χ1n) is 6.56. The minimum atomic E-state index is -0.799. The molecule has 1 aliphatic rings. The van der Waals surface area contributed by atoms with Gasteiger partial charge in [-0.15, -0.1) is 11.3 Å². The van der Waals surface area contributed by atoms with Crippen LogP contribution in [0.1, 0.15) is 28.5 Å². The molecule has 5 nitrogen and oxygen atoms in total. The summed E-state index contributed by atoms with van der Waals surface area (Å²) in [6.07, 6.45) is 1.43. The number of fused-ring (bicyclic) bond motifs is 1. The number of anilines is 2. The maximum atomic E-state index is 11.2. The van der Waals surface area contributed by atoms with E-state index in [0.717, 1.165) is 22.1 Å². The molecule has 3 rings (SSSR count). The van der Waals surface area contributed by atoms with E-state index in [0.29, 0.717) is 17.7 Å². The minimum absolute atomic E-state index is 0.473. The molecule has 6 heteroatoms. The zero-order valence-electron chi connectivity index (χ0n) is 11.4. The molecule has 1 N–H and O–H groups in total. The molecule has 0 saturated heterocycles. The average Bonchev–Trinajstić information content (AvgIpc) is 3.06. The summed E-state index contributed by atoms with van der Waals surface area (Å²) in [5.41, 5.74) is 2.25. The number of aryl methyl sites for hydroxylation is 1. The van der Waals surface area contributed by atoms with E-state index >= 15 is 0 Å². The van der Waals surface area contributed by atoms with Crippen LogP contribution < -0.4 is 4.90 Å². The van der Waals surface area contributed by atoms with E-state index in [2.05, 4.69) is 11.1 Å². The Labute approximate surface area is 126 Å². The van der Waals surface area contributed by atoms with Crippen LogP contribution >= 0.6 is 11.3 Å². The number of carboxylic acids is 1. The van der Waals surface area contributed by atoms with Gasteiger partial charge in [-0.1, -0.05) is 0 Å². The third-order valence-electron chi connectivity index (χ3n) is 3.68. The van der Waals surface area contributed by atoms with E-state index in [1.54, 1.807) is 23.5 Å². The molecule has 2 aromatic rings. The first-order chi connectivity index (χ1) is 10.1. The van der Waals surface area contributed by atoms with E-state index in [1.807, 2.05) is 24.1 Å². The number of thiazole rings is 1. The summed E-state index contributed by atoms with van der Waals surface area (Å²) in [7, 11) is 1.89. The SMILES string of the molecule is CN(c1ccc(C#N)cc1)c1nc2c(s1)CCC2C(=O)O. The highest BCUT2D eigenvalue weighted by molar-refractivity contribution is 7.15. The monoisotopic (exact) mass is 299 g/mol. The molecule has 1 aliphatic carbocycles. The van der Waals surface area contributed by atoms with Crippen molar-refractivity contribution in [2.24, 2.45) is 0 Å². The van der Waals surface area contributed by atoms with Crippen LogP contribution in [-0.2, 0) is 11.2 Å². The van der Waals surface area contributed by atoms with Gasteiger partial charge in [0.2, 0.25) is 0 Å². The van der Waals surface area contributed by atoms with Crippen molar-refractivity contribution in [1.29, 1.82) is 5.26 Å². The fourth-order valence-electron chi connectivity index (χ4n) is 2.47. The van der Waals surface area contributed by atoms with Crippen molar-refractivity contribution in [3.63, 3.8) is 0 Å². The maximum absolute atomic E-state index is 11.2. The summed E-state index contributed by atoms with van der Waals surface area (Å²) >= 11 is 1.54. The molecule has 0 bridgehead atoms. The van der Waals surface area contributed by atoms with Gasteiger partial charge < -0.3 is 10.0 Å². The number of nitrogens with zero attached hydrogens (tertiary/aromatic N) is 3. The van der Waals surface area contributed by atoms with Crippen LogP contribution in [0.5, 0.6) is 0 Å². The molecule has 0 radical (unpaired) electrons. The van der Waals surface area contributed by atoms with Crippen molar-refractivity contribution >= 4 is 28.1 Å². The lowest BCUT2D eigenvalue weighted by molar-refractivity contribution is -0.138. The lowest BCUT2D eigenvalue weighted by Gasteiger charge is -2.16. The Morgan fingerprint density at radius 3 is 2.81 bits per heavy atom. The van der Waals surface area contributed by atoms with E-state index in [9.17, 15) is 9.90 Å². The van der Waals surface area contributed by atoms with Gasteiger partial charge in [0, 0.05) is 17.6 Å². The molecule has 0 fully saturated rings. The first-order valence-corrected chi connectivity index (χ1v) is 7.38. The second-order valence-corrected chi connectivity index (χ2v) is 6.01. The Morgan fingerprint density at radius 2 is 2.19 bits per heavy atom. The van der Waals surface area contributed by atoms with Crippen LogP contribution in [0.4, 0.5) is 10.8 Å². The second-order valence-electron chi connectivity index (χ2n) is 4.95. The molecule has 1 unspecified atom stereocenters. The molecule has 1 heterocycles. The normalized spacial score (nSPS) is 16.3. The van der Waals surface area contributed by atoms with Gasteiger partial charge in [0.05, 0.1) is 17.3 Å². The van der Waals surface area contributed by atoms with E-state index < -0.39 is 11.9 Å². The number of nitriles is 1. The van der Waals surface area contributed by atoms with Crippen LogP contribution in [-0.4, -0.2) is 23.1 Å². The second kappa shape index (κ2) is 5.19. The van der Waals surface area contributed by atoms with Gasteiger partial charge in [-0.2, -0.15) is 5.26 Å². The molecule has 0 aliphatic heterocycles. The number of carbonyl (C=O) groups is 1. The van der Waals surface area contributed by atoms with Gasteiger partial charge in [0.15, 0.2) is 5.13 Å². The summed E-state index contributed by atoms with van der Waals surface area (Å²) in [6.45, 7) is 0. The number of aromatic nitrogens is 1. The quantitative estimate of drug-likeness (QED) is 0.943. The zero-order valence-corrected chi connectivity index (χ0v) is 12.2. The fourth-order valence-corrected chi connectivity index (χ4v) is 3.59. The van der Waals surface area contributed by atoms with Gasteiger partial charge in [0.1, 0.15) is 5.92 Å². The smallest absolute Gasteiger partial charge is 0.312 e. The van der Waals surface area contributed by atoms with Crippen molar-refractivity contribution in [2.75, 3.05) is 11.9 Å². The minimum Gasteiger partial charge on any atom is -0.481 e. The third kappa shape index (κ3) is 2.36. The van der Waals surface area contributed by atoms with E-state index in [1.165, 1.54) is 0 Å². The molecule has 1 atom stereocenters. The van der Waals surface area contributed by atoms with Crippen LogP contribution in [0.3, 0.4) is 0 Å². The zero-order chi connectivity index (χ0) is 15.0. The topological polar surface area (TPSA) is 77.2 Å². The molecular formula is C15H13N3O2S. The first kappa shape index (κ1) is 13.6. The van der Waals surface area contributed by atoms with Crippen LogP contribution in [0.15, 0.2) is 24.3 Å². The van der Waals surface area contributed by atoms with Crippen molar-refractivity contribution in [3.8, 4) is 6.07 Å².